The second-order valence-corrected chi connectivity index (χ2v) is 8.16. The van der Waals surface area contributed by atoms with E-state index in [2.05, 4.69) is 0 Å². The van der Waals surface area contributed by atoms with Crippen LogP contribution in [0.1, 0.15) is 52.5 Å². The zero-order valence-electron chi connectivity index (χ0n) is 18.0. The van der Waals surface area contributed by atoms with Gasteiger partial charge in [-0.1, -0.05) is 0 Å². The van der Waals surface area contributed by atoms with Crippen molar-refractivity contribution in [3.63, 3.8) is 0 Å². The van der Waals surface area contributed by atoms with Crippen LogP contribution in [0.3, 0.4) is 0 Å². The fraction of sp³-hybridized carbons (Fsp3) is 0.350. The Morgan fingerprint density at radius 3 is 1.47 bits per heavy atom. The molecule has 0 spiro atoms. The Kier molecular flexibility index (Phi) is 9.38. The Balaban J connectivity index is 0.000000225. The summed E-state index contributed by atoms with van der Waals surface area (Å²) in [6.07, 6.45) is 0. The second-order valence-electron chi connectivity index (χ2n) is 6.12. The normalized spacial score (nSPS) is 12.8. The summed E-state index contributed by atoms with van der Waals surface area (Å²) in [4.78, 5) is 53.1. The van der Waals surface area contributed by atoms with E-state index in [-0.39, 0.29) is 46.9 Å². The van der Waals surface area contributed by atoms with Crippen LogP contribution in [-0.4, -0.2) is 73.7 Å². The highest BCUT2D eigenvalue weighted by Crippen LogP contribution is 2.45. The van der Waals surface area contributed by atoms with Crippen LogP contribution in [0, 0.1) is 0 Å². The lowest BCUT2D eigenvalue weighted by molar-refractivity contribution is -0.0980. The van der Waals surface area contributed by atoms with E-state index < -0.39 is 17.9 Å². The Hall–Kier alpha value is -3.65. The van der Waals surface area contributed by atoms with Crippen LogP contribution in [0.25, 0.3) is 0 Å². The van der Waals surface area contributed by atoms with E-state index in [1.165, 1.54) is 6.92 Å². The number of carbonyl (C=O) groups excluding carboxylic acids is 3. The summed E-state index contributed by atoms with van der Waals surface area (Å²) in [5.74, 6) is -2.29. The van der Waals surface area contributed by atoms with E-state index in [1.807, 2.05) is 6.79 Å². The van der Waals surface area contributed by atoms with Crippen molar-refractivity contribution in [2.24, 2.45) is 0 Å². The van der Waals surface area contributed by atoms with Gasteiger partial charge in [-0.05, 0) is 6.92 Å². The maximum Gasteiger partial charge on any atom is 0.352 e. The molecule has 0 atom stereocenters. The molecule has 0 saturated heterocycles. The Morgan fingerprint density at radius 1 is 0.765 bits per heavy atom. The Bertz CT molecular complexity index is 1050. The molecule has 0 saturated carbocycles. The molecule has 0 bridgehead atoms. The summed E-state index contributed by atoms with van der Waals surface area (Å²) in [5.41, 5.74) is 0. The first-order chi connectivity index (χ1) is 16.3. The molecular weight excluding hydrogens is 496 g/mol. The van der Waals surface area contributed by atoms with Gasteiger partial charge in [-0.3, -0.25) is 4.79 Å². The third-order valence-corrected chi connectivity index (χ3v) is 6.33. The molecule has 0 amide bonds. The molecule has 12 nitrogen and oxygen atoms in total. The predicted octanol–water partition coefficient (Wildman–Crippen LogP) is 2.63. The lowest BCUT2D eigenvalue weighted by atomic mass is 10.3. The maximum atomic E-state index is 11.7. The van der Waals surface area contributed by atoms with E-state index in [9.17, 15) is 19.2 Å². The predicted molar refractivity (Wildman–Crippen MR) is 118 cm³/mol. The third kappa shape index (κ3) is 5.63. The third-order valence-electron chi connectivity index (χ3n) is 3.97. The molecule has 14 heteroatoms. The van der Waals surface area contributed by atoms with Gasteiger partial charge in [0.1, 0.15) is 38.1 Å². The van der Waals surface area contributed by atoms with Crippen molar-refractivity contribution in [2.45, 2.75) is 13.8 Å². The van der Waals surface area contributed by atoms with Gasteiger partial charge >= 0.3 is 17.9 Å². The Labute approximate surface area is 200 Å². The molecule has 0 aromatic carbocycles. The zero-order chi connectivity index (χ0) is 25.4. The number of carboxylic acid groups (broad SMARTS) is 2. The Morgan fingerprint density at radius 2 is 1.12 bits per heavy atom. The van der Waals surface area contributed by atoms with Crippen molar-refractivity contribution >= 4 is 53.2 Å². The average molecular weight is 517 g/mol. The van der Waals surface area contributed by atoms with Gasteiger partial charge in [-0.25, -0.2) is 14.4 Å². The first-order valence-corrected chi connectivity index (χ1v) is 11.2. The van der Waals surface area contributed by atoms with Gasteiger partial charge in [0.15, 0.2) is 43.4 Å². The van der Waals surface area contributed by atoms with Gasteiger partial charge in [-0.15, -0.1) is 22.7 Å². The lowest BCUT2D eigenvalue weighted by Crippen LogP contribution is -2.17. The second kappa shape index (κ2) is 12.0. The van der Waals surface area contributed by atoms with Crippen molar-refractivity contribution in [3.05, 3.63) is 19.5 Å². The summed E-state index contributed by atoms with van der Waals surface area (Å²) in [6.45, 7) is 6.63. The molecule has 2 aromatic heterocycles. The SMILES string of the molecule is C=O.CCOC(=O)c1sc(C(C)=O)c2c1OCCO2.O=C(O)c1sc(C(=O)O)c2c1OCCO2. The number of Topliss-reactive ketones (excluding diaryl/α,β-unsaturated/α-hetero) is 1. The minimum atomic E-state index is -1.21. The van der Waals surface area contributed by atoms with Crippen LogP contribution < -0.4 is 18.9 Å². The van der Waals surface area contributed by atoms with E-state index in [1.54, 1.807) is 6.92 Å². The molecule has 0 aliphatic carbocycles. The molecule has 2 aliphatic rings. The number of carboxylic acids is 2. The van der Waals surface area contributed by atoms with E-state index >= 15 is 0 Å². The highest BCUT2D eigenvalue weighted by molar-refractivity contribution is 7.17. The van der Waals surface area contributed by atoms with Crippen molar-refractivity contribution in [2.75, 3.05) is 33.0 Å². The number of hydrogen-bond acceptors (Lipinski definition) is 12. The molecular formula is C20H20O12S2. The van der Waals surface area contributed by atoms with E-state index in [0.717, 1.165) is 11.3 Å². The van der Waals surface area contributed by atoms with Gasteiger partial charge in [0.05, 0.1) is 6.61 Å². The number of hydrogen-bond donors (Lipinski definition) is 2. The summed E-state index contributed by atoms with van der Waals surface area (Å²) in [6, 6.07) is 0. The summed E-state index contributed by atoms with van der Waals surface area (Å²) in [7, 11) is 0. The maximum absolute atomic E-state index is 11.7. The summed E-state index contributed by atoms with van der Waals surface area (Å²) < 4.78 is 25.9. The minimum Gasteiger partial charge on any atom is -0.484 e. The molecule has 34 heavy (non-hydrogen) atoms. The monoisotopic (exact) mass is 516 g/mol. The number of ether oxygens (including phenoxy) is 5. The molecule has 0 unspecified atom stereocenters. The van der Waals surface area contributed by atoms with Crippen LogP contribution in [-0.2, 0) is 9.53 Å². The minimum absolute atomic E-state index is 0.0242. The van der Waals surface area contributed by atoms with E-state index in [4.69, 9.17) is 38.7 Å². The highest BCUT2D eigenvalue weighted by atomic mass is 32.1. The first-order valence-electron chi connectivity index (χ1n) is 9.54. The van der Waals surface area contributed by atoms with Gasteiger partial charge in [0, 0.05) is 6.92 Å². The molecule has 4 rings (SSSR count). The largest absolute Gasteiger partial charge is 0.484 e. The number of carbonyl (C=O) groups is 5. The fourth-order valence-corrected chi connectivity index (χ4v) is 4.59. The van der Waals surface area contributed by atoms with Gasteiger partial charge in [-0.2, -0.15) is 0 Å². The molecule has 4 heterocycles. The molecule has 184 valence electrons. The van der Waals surface area contributed by atoms with Crippen LogP contribution >= 0.6 is 22.7 Å². The van der Waals surface area contributed by atoms with Crippen molar-refractivity contribution in [3.8, 4) is 23.0 Å². The number of rotatable bonds is 5. The number of thiophene rings is 2. The van der Waals surface area contributed by atoms with Crippen molar-refractivity contribution in [1.29, 1.82) is 0 Å². The topological polar surface area (TPSA) is 172 Å². The van der Waals surface area contributed by atoms with Crippen LogP contribution in [0.4, 0.5) is 0 Å². The average Bonchev–Trinajstić information content (AvgIpc) is 3.41. The quantitative estimate of drug-likeness (QED) is 0.440. The van der Waals surface area contributed by atoms with Crippen LogP contribution in [0.5, 0.6) is 23.0 Å². The standard InChI is InChI=1S/C11H12O5S.C8H6O6S.CH2O/c1-3-14-11(13)10-8-7(15-4-5-16-8)9(17-10)6(2)12;9-7(10)5-3-4(14-2-1-13-3)6(15-5)8(11)12;1-2/h3-5H2,1-2H3;1-2H2,(H,9,10)(H,11,12);1H2. The number of fused-ring (bicyclic) bond motifs is 2. The number of esters is 1. The van der Waals surface area contributed by atoms with E-state index in [0.29, 0.717) is 45.8 Å². The van der Waals surface area contributed by atoms with Crippen LogP contribution in [0.15, 0.2) is 0 Å². The van der Waals surface area contributed by atoms with Gasteiger partial charge in [0.2, 0.25) is 0 Å². The summed E-state index contributed by atoms with van der Waals surface area (Å²) in [5, 5.41) is 17.6. The van der Waals surface area contributed by atoms with Crippen LogP contribution in [0.2, 0.25) is 0 Å². The summed E-state index contributed by atoms with van der Waals surface area (Å²) >= 11 is 1.70. The van der Waals surface area contributed by atoms with Crippen molar-refractivity contribution in [1.82, 2.24) is 0 Å². The number of ketones is 1. The smallest absolute Gasteiger partial charge is 0.352 e. The lowest BCUT2D eigenvalue weighted by Gasteiger charge is -2.16. The molecule has 2 N–H and O–H groups in total. The zero-order valence-corrected chi connectivity index (χ0v) is 19.7. The molecule has 2 aromatic rings. The van der Waals surface area contributed by atoms with Crippen molar-refractivity contribution < 1.29 is 57.9 Å². The molecule has 0 fully saturated rings. The fourth-order valence-electron chi connectivity index (χ4n) is 2.75. The number of aromatic carboxylic acids is 2. The first kappa shape index (κ1) is 26.6. The van der Waals surface area contributed by atoms with Gasteiger partial charge < -0.3 is 38.7 Å². The van der Waals surface area contributed by atoms with Gasteiger partial charge in [0.25, 0.3) is 0 Å². The molecule has 0 radical (unpaired) electrons. The molecule has 2 aliphatic heterocycles. The highest BCUT2D eigenvalue weighted by Gasteiger charge is 2.31.